The summed E-state index contributed by atoms with van der Waals surface area (Å²) in [7, 11) is 1.58. The van der Waals surface area contributed by atoms with Gasteiger partial charge >= 0.3 is 0 Å². The molecule has 1 aromatic carbocycles. The smallest absolute Gasteiger partial charge is 0.239 e. The van der Waals surface area contributed by atoms with Crippen LogP contribution in [0.1, 0.15) is 57.6 Å². The number of likely N-dealkylation sites (tertiary alicyclic amines) is 1. The van der Waals surface area contributed by atoms with Gasteiger partial charge in [0, 0.05) is 19.2 Å². The summed E-state index contributed by atoms with van der Waals surface area (Å²) in [5.41, 5.74) is 0.845. The van der Waals surface area contributed by atoms with Gasteiger partial charge in [0.05, 0.1) is 12.1 Å². The van der Waals surface area contributed by atoms with E-state index in [1.54, 1.807) is 13.2 Å². The number of amides is 1. The van der Waals surface area contributed by atoms with E-state index in [-0.39, 0.29) is 17.6 Å². The van der Waals surface area contributed by atoms with Gasteiger partial charge in [-0.1, -0.05) is 32.0 Å². The van der Waals surface area contributed by atoms with Crippen LogP contribution in [0.25, 0.3) is 0 Å². The minimum absolute atomic E-state index is 0.0675. The van der Waals surface area contributed by atoms with Crippen LogP contribution in [-0.2, 0) is 16.1 Å². The predicted molar refractivity (Wildman–Crippen MR) is 103 cm³/mol. The van der Waals surface area contributed by atoms with Gasteiger partial charge in [-0.2, -0.15) is 0 Å². The maximum atomic E-state index is 14.7. The number of nitrogens with zero attached hydrogens (tertiary/aromatic N) is 1. The molecule has 1 aromatic rings. The summed E-state index contributed by atoms with van der Waals surface area (Å²) in [6, 6.07) is 5.57. The molecule has 5 heteroatoms. The van der Waals surface area contributed by atoms with Gasteiger partial charge in [0.25, 0.3) is 0 Å². The number of carbonyl (C=O) groups excluding carboxylic acids is 1. The van der Waals surface area contributed by atoms with E-state index < -0.39 is 5.54 Å². The highest BCUT2D eigenvalue weighted by Gasteiger charge is 2.37. The Kier molecular flexibility index (Phi) is 7.18. The van der Waals surface area contributed by atoms with E-state index in [4.69, 9.17) is 4.74 Å². The van der Waals surface area contributed by atoms with Crippen molar-refractivity contribution in [3.8, 4) is 0 Å². The highest BCUT2D eigenvalue weighted by Crippen LogP contribution is 2.33. The normalized spacial score (nSPS) is 16.9. The average Bonchev–Trinajstić information content (AvgIpc) is 2.61. The maximum absolute atomic E-state index is 14.7. The molecule has 1 aliphatic heterocycles. The van der Waals surface area contributed by atoms with Gasteiger partial charge in [-0.15, -0.1) is 0 Å². The third-order valence-electron chi connectivity index (χ3n) is 5.36. The molecule has 1 N–H and O–H groups in total. The van der Waals surface area contributed by atoms with Gasteiger partial charge in [0.1, 0.15) is 5.82 Å². The Morgan fingerprint density at radius 1 is 1.35 bits per heavy atom. The van der Waals surface area contributed by atoms with E-state index in [0.717, 1.165) is 31.5 Å². The zero-order valence-electron chi connectivity index (χ0n) is 16.8. The van der Waals surface area contributed by atoms with Crippen LogP contribution in [-0.4, -0.2) is 43.1 Å². The number of nitrogens with one attached hydrogen (secondary N) is 1. The Balaban J connectivity index is 2.00. The molecular weight excluding hydrogens is 331 g/mol. The molecule has 1 heterocycles. The molecule has 0 radical (unpaired) electrons. The standard InChI is InChI=1S/C21H33FN2O2/c1-15(2)13-23-20(25)21(3,4)24-11-9-16(10-12-24)18-8-6-7-17(14-26-5)19(18)22/h6-8,15-16H,9-14H2,1-5H3,(H,23,25). The molecule has 0 unspecified atom stereocenters. The van der Waals surface area contributed by atoms with Crippen molar-refractivity contribution >= 4 is 5.91 Å². The summed E-state index contributed by atoms with van der Waals surface area (Å²) in [6.07, 6.45) is 1.71. The maximum Gasteiger partial charge on any atom is 0.239 e. The first-order valence-electron chi connectivity index (χ1n) is 9.57. The molecule has 0 atom stereocenters. The van der Waals surface area contributed by atoms with Crippen LogP contribution in [0.5, 0.6) is 0 Å². The highest BCUT2D eigenvalue weighted by molar-refractivity contribution is 5.85. The van der Waals surface area contributed by atoms with Crippen LogP contribution in [0.3, 0.4) is 0 Å². The molecule has 1 saturated heterocycles. The molecule has 26 heavy (non-hydrogen) atoms. The summed E-state index contributed by atoms with van der Waals surface area (Å²) in [5.74, 6) is 0.556. The van der Waals surface area contributed by atoms with Gasteiger partial charge in [0.2, 0.25) is 5.91 Å². The summed E-state index contributed by atoms with van der Waals surface area (Å²) in [6.45, 7) is 10.7. The van der Waals surface area contributed by atoms with Crippen molar-refractivity contribution in [3.63, 3.8) is 0 Å². The Morgan fingerprint density at radius 3 is 2.58 bits per heavy atom. The monoisotopic (exact) mass is 364 g/mol. The first-order valence-corrected chi connectivity index (χ1v) is 9.57. The predicted octanol–water partition coefficient (Wildman–Crippen LogP) is 3.70. The molecule has 0 aromatic heterocycles. The zero-order chi connectivity index (χ0) is 19.3. The van der Waals surface area contributed by atoms with Crippen molar-refractivity contribution in [2.24, 2.45) is 5.92 Å². The summed E-state index contributed by atoms with van der Waals surface area (Å²) in [5, 5.41) is 3.04. The summed E-state index contributed by atoms with van der Waals surface area (Å²) >= 11 is 0. The van der Waals surface area contributed by atoms with Crippen molar-refractivity contribution in [2.45, 2.75) is 58.6 Å². The van der Waals surface area contributed by atoms with Gasteiger partial charge in [-0.05, 0) is 57.2 Å². The van der Waals surface area contributed by atoms with Crippen LogP contribution in [0, 0.1) is 11.7 Å². The van der Waals surface area contributed by atoms with Gasteiger partial charge in [-0.25, -0.2) is 4.39 Å². The minimum atomic E-state index is -0.545. The van der Waals surface area contributed by atoms with Crippen LogP contribution < -0.4 is 5.32 Å². The van der Waals surface area contributed by atoms with E-state index in [0.29, 0.717) is 24.6 Å². The van der Waals surface area contributed by atoms with E-state index in [2.05, 4.69) is 24.1 Å². The number of ether oxygens (including phenoxy) is 1. The molecule has 146 valence electrons. The first-order chi connectivity index (χ1) is 12.3. The van der Waals surface area contributed by atoms with Crippen molar-refractivity contribution in [1.82, 2.24) is 10.2 Å². The number of methoxy groups -OCH3 is 1. The van der Waals surface area contributed by atoms with Crippen molar-refractivity contribution in [3.05, 3.63) is 35.1 Å². The second-order valence-electron chi connectivity index (χ2n) is 8.18. The highest BCUT2D eigenvalue weighted by atomic mass is 19.1. The lowest BCUT2D eigenvalue weighted by Crippen LogP contribution is -2.57. The van der Waals surface area contributed by atoms with E-state index in [9.17, 15) is 9.18 Å². The number of rotatable bonds is 7. The van der Waals surface area contributed by atoms with Crippen molar-refractivity contribution in [2.75, 3.05) is 26.7 Å². The Labute approximate surface area is 157 Å². The second kappa shape index (κ2) is 8.96. The number of halogens is 1. The van der Waals surface area contributed by atoms with Crippen molar-refractivity contribution < 1.29 is 13.9 Å². The zero-order valence-corrected chi connectivity index (χ0v) is 16.8. The van der Waals surface area contributed by atoms with Crippen LogP contribution in [0.15, 0.2) is 18.2 Å². The lowest BCUT2D eigenvalue weighted by molar-refractivity contribution is -0.132. The lowest BCUT2D eigenvalue weighted by Gasteiger charge is -2.42. The summed E-state index contributed by atoms with van der Waals surface area (Å²) < 4.78 is 19.8. The number of piperidine rings is 1. The molecule has 0 spiro atoms. The number of hydrogen-bond donors (Lipinski definition) is 1. The molecule has 0 bridgehead atoms. The topological polar surface area (TPSA) is 41.6 Å². The molecule has 1 amide bonds. The Morgan fingerprint density at radius 2 is 2.00 bits per heavy atom. The molecule has 0 aliphatic carbocycles. The molecular formula is C21H33FN2O2. The third-order valence-corrected chi connectivity index (χ3v) is 5.36. The third kappa shape index (κ3) is 4.83. The summed E-state index contributed by atoms with van der Waals surface area (Å²) in [4.78, 5) is 14.8. The van der Waals surface area contributed by atoms with Gasteiger partial charge < -0.3 is 10.1 Å². The molecule has 4 nitrogen and oxygen atoms in total. The van der Waals surface area contributed by atoms with Gasteiger partial charge in [-0.3, -0.25) is 9.69 Å². The Hall–Kier alpha value is -1.46. The Bertz CT molecular complexity index is 608. The molecule has 1 aliphatic rings. The van der Waals surface area contributed by atoms with E-state index in [1.165, 1.54) is 0 Å². The van der Waals surface area contributed by atoms with E-state index in [1.807, 2.05) is 26.0 Å². The lowest BCUT2D eigenvalue weighted by atomic mass is 9.86. The largest absolute Gasteiger partial charge is 0.380 e. The number of carbonyl (C=O) groups is 1. The fraction of sp³-hybridized carbons (Fsp3) is 0.667. The van der Waals surface area contributed by atoms with Crippen LogP contribution >= 0.6 is 0 Å². The second-order valence-corrected chi connectivity index (χ2v) is 8.18. The molecule has 0 saturated carbocycles. The number of benzene rings is 1. The van der Waals surface area contributed by atoms with Crippen molar-refractivity contribution in [1.29, 1.82) is 0 Å². The number of hydrogen-bond acceptors (Lipinski definition) is 3. The molecule has 1 fully saturated rings. The van der Waals surface area contributed by atoms with Gasteiger partial charge in [0.15, 0.2) is 0 Å². The van der Waals surface area contributed by atoms with Crippen LogP contribution in [0.4, 0.5) is 4.39 Å². The fourth-order valence-corrected chi connectivity index (χ4v) is 3.59. The minimum Gasteiger partial charge on any atom is -0.380 e. The SMILES string of the molecule is COCc1cccc(C2CCN(C(C)(C)C(=O)NCC(C)C)CC2)c1F. The fourth-order valence-electron chi connectivity index (χ4n) is 3.59. The van der Waals surface area contributed by atoms with Crippen LogP contribution in [0.2, 0.25) is 0 Å². The quantitative estimate of drug-likeness (QED) is 0.802. The van der Waals surface area contributed by atoms with E-state index >= 15 is 0 Å². The first kappa shape index (κ1) is 20.8. The average molecular weight is 365 g/mol. The molecule has 2 rings (SSSR count).